The zero-order valence-electron chi connectivity index (χ0n) is 16.6. The van der Waals surface area contributed by atoms with Crippen LogP contribution in [0.2, 0.25) is 0 Å². The Morgan fingerprint density at radius 1 is 1.12 bits per heavy atom. The molecule has 1 aliphatic rings. The molecule has 0 aliphatic heterocycles. The third kappa shape index (κ3) is 13.8. The topological polar surface area (TPSA) is 108 Å². The van der Waals surface area contributed by atoms with Crippen LogP contribution in [-0.2, 0) is 23.9 Å². The zero-order valence-corrected chi connectivity index (χ0v) is 16.6. The van der Waals surface area contributed by atoms with Crippen LogP contribution in [0.3, 0.4) is 0 Å². The lowest BCUT2D eigenvalue weighted by molar-refractivity contribution is -0.126. The average Bonchev–Trinajstić information content (AvgIpc) is 2.63. The Morgan fingerprint density at radius 2 is 1.77 bits per heavy atom. The van der Waals surface area contributed by atoms with Crippen LogP contribution >= 0.6 is 0 Å². The van der Waals surface area contributed by atoms with Crippen LogP contribution in [0, 0.1) is 11.8 Å². The highest BCUT2D eigenvalue weighted by Gasteiger charge is 2.20. The summed E-state index contributed by atoms with van der Waals surface area (Å²) in [7, 11) is 0. The van der Waals surface area contributed by atoms with Crippen LogP contribution < -0.4 is 11.1 Å². The Balaban J connectivity index is -0.000000599. The second-order valence-corrected chi connectivity index (χ2v) is 6.71. The van der Waals surface area contributed by atoms with Crippen molar-refractivity contribution < 1.29 is 26.7 Å². The van der Waals surface area contributed by atoms with Gasteiger partial charge in [-0.2, -0.15) is 0 Å². The van der Waals surface area contributed by atoms with Crippen LogP contribution in [0.25, 0.3) is 0 Å². The molecule has 0 unspecified atom stereocenters. The number of carbonyl (C=O) groups excluding carboxylic acids is 3. The van der Waals surface area contributed by atoms with Crippen molar-refractivity contribution in [1.29, 1.82) is 0 Å². The smallest absolute Gasteiger partial charge is 0.243 e. The highest BCUT2D eigenvalue weighted by molar-refractivity contribution is 5.80. The molecule has 156 valence electrons. The zero-order chi connectivity index (χ0) is 19.8. The van der Waals surface area contributed by atoms with Gasteiger partial charge in [-0.05, 0) is 19.8 Å². The minimum absolute atomic E-state index is 0. The average molecular weight is 377 g/mol. The Labute approximate surface area is 160 Å². The Morgan fingerprint density at radius 3 is 2.27 bits per heavy atom. The van der Waals surface area contributed by atoms with Crippen molar-refractivity contribution in [2.75, 3.05) is 33.0 Å². The molecule has 0 atom stereocenters. The first-order valence-electron chi connectivity index (χ1n) is 9.62. The number of rotatable bonds is 11. The largest absolute Gasteiger partial charge is 0.379 e. The molecule has 0 bridgehead atoms. The first-order chi connectivity index (χ1) is 12.4. The predicted molar refractivity (Wildman–Crippen MR) is 105 cm³/mol. The Bertz CT molecular complexity index is 417. The van der Waals surface area contributed by atoms with Gasteiger partial charge in [-0.15, -0.1) is 0 Å². The van der Waals surface area contributed by atoms with Gasteiger partial charge in [0.1, 0.15) is 12.4 Å². The van der Waals surface area contributed by atoms with Gasteiger partial charge in [0, 0.05) is 34.3 Å². The Hall–Kier alpha value is -1.47. The molecule has 1 saturated carbocycles. The molecule has 0 aromatic carbocycles. The number of hydrogen-bond acceptors (Lipinski definition) is 5. The summed E-state index contributed by atoms with van der Waals surface area (Å²) >= 11 is 0. The van der Waals surface area contributed by atoms with Crippen LogP contribution in [0.1, 0.15) is 62.1 Å². The molecule has 3 N–H and O–H groups in total. The number of nitrogens with two attached hydrogens (primary N) is 1. The highest BCUT2D eigenvalue weighted by atomic mass is 16.5. The van der Waals surface area contributed by atoms with E-state index in [1.807, 2.05) is 20.8 Å². The van der Waals surface area contributed by atoms with E-state index in [1.165, 1.54) is 19.3 Å². The van der Waals surface area contributed by atoms with Gasteiger partial charge in [-0.1, -0.05) is 33.1 Å². The molecule has 0 saturated heterocycles. The maximum Gasteiger partial charge on any atom is 0.243 e. The summed E-state index contributed by atoms with van der Waals surface area (Å²) in [5.74, 6) is 0.264. The van der Waals surface area contributed by atoms with E-state index in [2.05, 4.69) is 10.1 Å². The molecule has 0 aromatic heterocycles. The van der Waals surface area contributed by atoms with E-state index in [0.717, 1.165) is 12.8 Å². The van der Waals surface area contributed by atoms with Gasteiger partial charge in [0.05, 0.1) is 13.2 Å². The van der Waals surface area contributed by atoms with Gasteiger partial charge in [-0.25, -0.2) is 0 Å². The number of amides is 2. The minimum Gasteiger partial charge on any atom is -0.379 e. The number of primary amides is 1. The molecule has 0 radical (unpaired) electrons. The fraction of sp³-hybridized carbons (Fsp3) is 0.842. The molecule has 1 aliphatic carbocycles. The van der Waals surface area contributed by atoms with Crippen molar-refractivity contribution in [1.82, 2.24) is 5.32 Å². The SMILES string of the molecule is CC(C)C(=O)CCOCCNC(=O)C1CCCCC1.CCOCC(N)=O.[HH].[HH]. The van der Waals surface area contributed by atoms with Gasteiger partial charge in [0.15, 0.2) is 0 Å². The summed E-state index contributed by atoms with van der Waals surface area (Å²) < 4.78 is 9.98. The monoisotopic (exact) mass is 376 g/mol. The standard InChI is InChI=1S/C15H27NO3.C4H9NO2.2H2/c1-12(2)14(17)8-10-19-11-9-16-15(18)13-6-4-3-5-7-13;1-2-7-3-4(5)6;;/h12-13H,3-11H2,1-2H3,(H,16,18);2-3H2,1H3,(H2,5,6);2*1H. The summed E-state index contributed by atoms with van der Waals surface area (Å²) in [5.41, 5.74) is 4.71. The number of carbonyl (C=O) groups is 3. The van der Waals surface area contributed by atoms with Crippen LogP contribution in [0.4, 0.5) is 0 Å². The van der Waals surface area contributed by atoms with E-state index in [0.29, 0.717) is 32.8 Å². The van der Waals surface area contributed by atoms with Gasteiger partial charge in [0.25, 0.3) is 0 Å². The van der Waals surface area contributed by atoms with Crippen LogP contribution in [-0.4, -0.2) is 50.6 Å². The fourth-order valence-corrected chi connectivity index (χ4v) is 2.52. The first-order valence-corrected chi connectivity index (χ1v) is 9.62. The molecule has 0 spiro atoms. The summed E-state index contributed by atoms with van der Waals surface area (Å²) in [6, 6.07) is 0. The van der Waals surface area contributed by atoms with Gasteiger partial charge >= 0.3 is 0 Å². The van der Waals surface area contributed by atoms with Crippen LogP contribution in [0.15, 0.2) is 0 Å². The van der Waals surface area contributed by atoms with Gasteiger partial charge < -0.3 is 20.5 Å². The number of Topliss-reactive ketones (excluding diaryl/α,β-unsaturated/α-hetero) is 1. The third-order valence-corrected chi connectivity index (χ3v) is 4.11. The van der Waals surface area contributed by atoms with E-state index in [1.54, 1.807) is 0 Å². The molecule has 7 nitrogen and oxygen atoms in total. The molecule has 0 heterocycles. The van der Waals surface area contributed by atoms with Crippen molar-refractivity contribution in [3.63, 3.8) is 0 Å². The quantitative estimate of drug-likeness (QED) is 0.538. The number of ether oxygens (including phenoxy) is 2. The van der Waals surface area contributed by atoms with E-state index >= 15 is 0 Å². The summed E-state index contributed by atoms with van der Waals surface area (Å²) in [4.78, 5) is 33.0. The normalized spacial score (nSPS) is 14.5. The third-order valence-electron chi connectivity index (χ3n) is 4.11. The van der Waals surface area contributed by atoms with Crippen molar-refractivity contribution in [3.05, 3.63) is 0 Å². The van der Waals surface area contributed by atoms with E-state index in [9.17, 15) is 14.4 Å². The summed E-state index contributed by atoms with van der Waals surface area (Å²) in [6.45, 7) is 7.67. The predicted octanol–water partition coefficient (Wildman–Crippen LogP) is 2.31. The lowest BCUT2D eigenvalue weighted by atomic mass is 9.89. The number of nitrogens with one attached hydrogen (secondary N) is 1. The van der Waals surface area contributed by atoms with E-state index < -0.39 is 5.91 Å². The molecule has 0 aromatic rings. The van der Waals surface area contributed by atoms with Crippen molar-refractivity contribution in [3.8, 4) is 0 Å². The molecule has 26 heavy (non-hydrogen) atoms. The second kappa shape index (κ2) is 15.8. The van der Waals surface area contributed by atoms with E-state index in [-0.39, 0.29) is 33.0 Å². The van der Waals surface area contributed by atoms with Crippen molar-refractivity contribution in [2.24, 2.45) is 17.6 Å². The maximum atomic E-state index is 11.8. The lowest BCUT2D eigenvalue weighted by Crippen LogP contribution is -2.34. The summed E-state index contributed by atoms with van der Waals surface area (Å²) in [5, 5.41) is 2.91. The lowest BCUT2D eigenvalue weighted by Gasteiger charge is -2.20. The molecule has 2 amide bonds. The van der Waals surface area contributed by atoms with Crippen LogP contribution in [0.5, 0.6) is 0 Å². The summed E-state index contributed by atoms with van der Waals surface area (Å²) in [6.07, 6.45) is 6.12. The van der Waals surface area contributed by atoms with E-state index in [4.69, 9.17) is 10.5 Å². The molecule has 1 rings (SSSR count). The number of ketones is 1. The van der Waals surface area contributed by atoms with Crippen molar-refractivity contribution >= 4 is 17.6 Å². The molecular weight excluding hydrogens is 336 g/mol. The molecule has 1 fully saturated rings. The maximum absolute atomic E-state index is 11.8. The van der Waals surface area contributed by atoms with Gasteiger partial charge in [-0.3, -0.25) is 14.4 Å². The minimum atomic E-state index is -0.415. The van der Waals surface area contributed by atoms with Gasteiger partial charge in [0.2, 0.25) is 11.8 Å². The Kier molecular flexibility index (Phi) is 14.9. The van der Waals surface area contributed by atoms with Crippen molar-refractivity contribution in [2.45, 2.75) is 59.3 Å². The fourth-order valence-electron chi connectivity index (χ4n) is 2.52. The highest BCUT2D eigenvalue weighted by Crippen LogP contribution is 2.23. The molecular formula is C19H40N2O5. The molecule has 7 heteroatoms. The first kappa shape index (κ1) is 24.5. The number of hydrogen-bond donors (Lipinski definition) is 2. The second-order valence-electron chi connectivity index (χ2n) is 6.71.